The Labute approximate surface area is 238 Å². The molecule has 0 aliphatic heterocycles. The van der Waals surface area contributed by atoms with Gasteiger partial charge in [0.2, 0.25) is 0 Å². The van der Waals surface area contributed by atoms with Crippen LogP contribution in [0.4, 0.5) is 0 Å². The summed E-state index contributed by atoms with van der Waals surface area (Å²) in [6.45, 7) is 0. The molecule has 0 aliphatic carbocycles. The molecule has 0 unspecified atom stereocenters. The Morgan fingerprint density at radius 1 is 0.561 bits per heavy atom. The maximum Gasteiger partial charge on any atom is 0.195 e. The van der Waals surface area contributed by atoms with Crippen LogP contribution in [0, 0.1) is 0 Å². The number of rotatable bonds is 3. The lowest BCUT2D eigenvalue weighted by molar-refractivity contribution is 1.10. The van der Waals surface area contributed by atoms with Gasteiger partial charge in [0.25, 0.3) is 0 Å². The molecule has 9 aromatic rings. The standard InChI is InChI=1S/C35H21N5S/c1-2-13-24(14-3-1)39-28-18-7-6-17-27(28)37-34(39)23-12-10-11-22(21-23)31-33-32(25-15-4-5-16-26(25)36-31)38-35-40(33)29-19-8-9-20-30(29)41-35/h1-21H. The van der Waals surface area contributed by atoms with Crippen LogP contribution < -0.4 is 0 Å². The van der Waals surface area contributed by atoms with E-state index in [0.29, 0.717) is 0 Å². The lowest BCUT2D eigenvalue weighted by Crippen LogP contribution is -1.98. The summed E-state index contributed by atoms with van der Waals surface area (Å²) >= 11 is 1.71. The largest absolute Gasteiger partial charge is 0.292 e. The van der Waals surface area contributed by atoms with Crippen LogP contribution in [0.1, 0.15) is 0 Å². The molecule has 4 heterocycles. The molecule has 41 heavy (non-hydrogen) atoms. The van der Waals surface area contributed by atoms with Gasteiger partial charge < -0.3 is 0 Å². The van der Waals surface area contributed by atoms with Crippen LogP contribution in [0.3, 0.4) is 0 Å². The van der Waals surface area contributed by atoms with Crippen molar-refractivity contribution in [2.75, 3.05) is 0 Å². The lowest BCUT2D eigenvalue weighted by atomic mass is 10.0. The van der Waals surface area contributed by atoms with Crippen LogP contribution in [0.2, 0.25) is 0 Å². The van der Waals surface area contributed by atoms with Gasteiger partial charge >= 0.3 is 0 Å². The molecule has 0 saturated heterocycles. The fraction of sp³-hybridized carbons (Fsp3) is 0. The molecule has 0 fully saturated rings. The SMILES string of the molecule is c1ccc(-n2c(-c3cccc(-c4nc5ccccc5c5nc6sc7ccccc7n6c45)c3)nc3ccccc32)cc1. The second-order valence-electron chi connectivity index (χ2n) is 10.2. The maximum absolute atomic E-state index is 5.26. The molecule has 0 aliphatic rings. The fourth-order valence-electron chi connectivity index (χ4n) is 5.93. The van der Waals surface area contributed by atoms with E-state index in [4.69, 9.17) is 15.0 Å². The van der Waals surface area contributed by atoms with Gasteiger partial charge in [-0.25, -0.2) is 15.0 Å². The van der Waals surface area contributed by atoms with Crippen LogP contribution in [0.25, 0.3) is 76.5 Å². The van der Waals surface area contributed by atoms with E-state index < -0.39 is 0 Å². The predicted octanol–water partition coefficient (Wildman–Crippen LogP) is 8.92. The Morgan fingerprint density at radius 2 is 1.29 bits per heavy atom. The van der Waals surface area contributed by atoms with E-state index in [1.54, 1.807) is 11.3 Å². The third kappa shape index (κ3) is 3.31. The van der Waals surface area contributed by atoms with Crippen molar-refractivity contribution in [1.29, 1.82) is 0 Å². The highest BCUT2D eigenvalue weighted by Crippen LogP contribution is 2.39. The average molecular weight is 544 g/mol. The van der Waals surface area contributed by atoms with Crippen molar-refractivity contribution >= 4 is 59.5 Å². The lowest BCUT2D eigenvalue weighted by Gasteiger charge is -2.12. The Hall–Kier alpha value is -5.33. The van der Waals surface area contributed by atoms with Gasteiger partial charge in [-0.15, -0.1) is 0 Å². The van der Waals surface area contributed by atoms with Crippen molar-refractivity contribution in [2.24, 2.45) is 0 Å². The van der Waals surface area contributed by atoms with E-state index in [1.807, 2.05) is 18.2 Å². The molecular weight excluding hydrogens is 522 g/mol. The van der Waals surface area contributed by atoms with Crippen molar-refractivity contribution < 1.29 is 0 Å². The van der Waals surface area contributed by atoms with Crippen LogP contribution in [0.5, 0.6) is 0 Å². The number of imidazole rings is 2. The van der Waals surface area contributed by atoms with Crippen molar-refractivity contribution in [3.8, 4) is 28.3 Å². The summed E-state index contributed by atoms with van der Waals surface area (Å²) in [5.41, 5.74) is 10.2. The van der Waals surface area contributed by atoms with Gasteiger partial charge in [-0.05, 0) is 48.5 Å². The maximum atomic E-state index is 5.26. The Balaban J connectivity index is 1.35. The zero-order valence-corrected chi connectivity index (χ0v) is 22.6. The second-order valence-corrected chi connectivity index (χ2v) is 11.2. The van der Waals surface area contributed by atoms with E-state index in [2.05, 4.69) is 118 Å². The van der Waals surface area contributed by atoms with Crippen molar-refractivity contribution in [3.63, 3.8) is 0 Å². The zero-order valence-electron chi connectivity index (χ0n) is 21.8. The highest BCUT2D eigenvalue weighted by atomic mass is 32.1. The highest BCUT2D eigenvalue weighted by Gasteiger charge is 2.21. The number of benzene rings is 5. The molecule has 192 valence electrons. The van der Waals surface area contributed by atoms with E-state index in [9.17, 15) is 0 Å². The van der Waals surface area contributed by atoms with Crippen LogP contribution in [-0.4, -0.2) is 23.9 Å². The Morgan fingerprint density at radius 3 is 2.20 bits per heavy atom. The summed E-state index contributed by atoms with van der Waals surface area (Å²) in [5, 5.41) is 1.06. The van der Waals surface area contributed by atoms with Crippen LogP contribution >= 0.6 is 11.3 Å². The van der Waals surface area contributed by atoms with E-state index in [0.717, 1.165) is 71.8 Å². The van der Waals surface area contributed by atoms with Crippen molar-refractivity contribution in [1.82, 2.24) is 23.9 Å². The molecule has 4 aromatic heterocycles. The van der Waals surface area contributed by atoms with Crippen LogP contribution in [0.15, 0.2) is 127 Å². The molecule has 5 nitrogen and oxygen atoms in total. The van der Waals surface area contributed by atoms with Crippen LogP contribution in [-0.2, 0) is 0 Å². The molecule has 5 aromatic carbocycles. The fourth-order valence-corrected chi connectivity index (χ4v) is 6.96. The summed E-state index contributed by atoms with van der Waals surface area (Å²) in [6.07, 6.45) is 0. The number of pyridine rings is 1. The monoisotopic (exact) mass is 543 g/mol. The molecule has 9 rings (SSSR count). The third-order valence-corrected chi connectivity index (χ3v) is 8.76. The minimum Gasteiger partial charge on any atom is -0.292 e. The first kappa shape index (κ1) is 22.5. The topological polar surface area (TPSA) is 48.0 Å². The highest BCUT2D eigenvalue weighted by molar-refractivity contribution is 7.23. The summed E-state index contributed by atoms with van der Waals surface area (Å²) in [5.74, 6) is 0.899. The minimum atomic E-state index is 0.899. The first-order valence-electron chi connectivity index (χ1n) is 13.6. The molecule has 0 atom stereocenters. The molecular formula is C35H21N5S. The minimum absolute atomic E-state index is 0.899. The summed E-state index contributed by atoms with van der Waals surface area (Å²) in [4.78, 5) is 16.5. The van der Waals surface area contributed by atoms with Gasteiger partial charge in [0.1, 0.15) is 16.9 Å². The normalized spacial score (nSPS) is 11.9. The number of fused-ring (bicyclic) bond motifs is 8. The first-order chi connectivity index (χ1) is 20.3. The molecule has 0 amide bonds. The number of aromatic nitrogens is 5. The van der Waals surface area contributed by atoms with Gasteiger partial charge in [-0.1, -0.05) is 90.2 Å². The van der Waals surface area contributed by atoms with Gasteiger partial charge in [-0.3, -0.25) is 8.97 Å². The van der Waals surface area contributed by atoms with Gasteiger partial charge in [0, 0.05) is 22.2 Å². The molecule has 0 N–H and O–H groups in total. The molecule has 0 radical (unpaired) electrons. The van der Waals surface area contributed by atoms with Crippen molar-refractivity contribution in [2.45, 2.75) is 0 Å². The second kappa shape index (κ2) is 8.58. The summed E-state index contributed by atoms with van der Waals surface area (Å²) < 4.78 is 5.72. The van der Waals surface area contributed by atoms with Gasteiger partial charge in [0.05, 0.1) is 32.5 Å². The molecule has 6 heteroatoms. The number of thiazole rings is 1. The summed E-state index contributed by atoms with van der Waals surface area (Å²) in [7, 11) is 0. The number of hydrogen-bond acceptors (Lipinski definition) is 4. The van der Waals surface area contributed by atoms with E-state index in [1.165, 1.54) is 4.70 Å². The number of para-hydroxylation sites is 5. The predicted molar refractivity (Wildman–Crippen MR) is 169 cm³/mol. The number of hydrogen-bond donors (Lipinski definition) is 0. The zero-order chi connectivity index (χ0) is 26.9. The van der Waals surface area contributed by atoms with Gasteiger partial charge in [0.15, 0.2) is 4.96 Å². The Kier molecular flexibility index (Phi) is 4.71. The van der Waals surface area contributed by atoms with Gasteiger partial charge in [-0.2, -0.15) is 0 Å². The first-order valence-corrected chi connectivity index (χ1v) is 14.4. The average Bonchev–Trinajstić information content (AvgIpc) is 3.71. The van der Waals surface area contributed by atoms with E-state index in [-0.39, 0.29) is 0 Å². The molecule has 0 saturated carbocycles. The molecule has 0 bridgehead atoms. The Bertz CT molecular complexity index is 2430. The quantitative estimate of drug-likeness (QED) is 0.223. The van der Waals surface area contributed by atoms with E-state index >= 15 is 0 Å². The van der Waals surface area contributed by atoms with Crippen molar-refractivity contribution in [3.05, 3.63) is 127 Å². The molecule has 0 spiro atoms. The third-order valence-electron chi connectivity index (χ3n) is 7.74. The summed E-state index contributed by atoms with van der Waals surface area (Å²) in [6, 6.07) is 44.1. The smallest absolute Gasteiger partial charge is 0.195 e. The number of nitrogens with zero attached hydrogens (tertiary/aromatic N) is 5.